The smallest absolute Gasteiger partial charge is 0.0776 e. The third-order valence-electron chi connectivity index (χ3n) is 1.73. The Morgan fingerprint density at radius 2 is 0.900 bits per heavy atom. The minimum atomic E-state index is 0. The molecule has 0 amide bonds. The van der Waals surface area contributed by atoms with Crippen molar-refractivity contribution in [1.82, 2.24) is 0 Å². The second-order valence-electron chi connectivity index (χ2n) is 2.09. The van der Waals surface area contributed by atoms with Gasteiger partial charge in [0.05, 0.1) is 0 Å². The first-order valence-corrected chi connectivity index (χ1v) is 3.35. The number of hydrogen-bond acceptors (Lipinski definition) is 0. The summed E-state index contributed by atoms with van der Waals surface area (Å²) in [7, 11) is 0. The fourth-order valence-corrected chi connectivity index (χ4v) is 0.866. The Morgan fingerprint density at radius 1 is 0.700 bits per heavy atom. The van der Waals surface area contributed by atoms with Gasteiger partial charge in [0, 0.05) is 0 Å². The lowest BCUT2D eigenvalue weighted by Gasteiger charge is -2.00. The van der Waals surface area contributed by atoms with Crippen molar-refractivity contribution in [2.75, 3.05) is 0 Å². The van der Waals surface area contributed by atoms with E-state index in [-0.39, 0.29) is 22.3 Å². The SMILES string of the molecule is C.C.C.CCB(CC)CC. The Balaban J connectivity index is -0.0000000600. The zero-order chi connectivity index (χ0) is 5.70. The first kappa shape index (κ1) is 22.5. The largest absolute Gasteiger partial charge is 0.139 e. The lowest BCUT2D eigenvalue weighted by atomic mass is 9.44. The average Bonchev–Trinajstić information content (AvgIpc) is 1.72. The molecule has 0 saturated heterocycles. The molecule has 0 atom stereocenters. The average molecular weight is 146 g/mol. The fraction of sp³-hybridized carbons (Fsp3) is 1.00. The van der Waals surface area contributed by atoms with Gasteiger partial charge >= 0.3 is 0 Å². The predicted octanol–water partition coefficient (Wildman–Crippen LogP) is 4.45. The van der Waals surface area contributed by atoms with E-state index < -0.39 is 0 Å². The van der Waals surface area contributed by atoms with Crippen LogP contribution in [-0.4, -0.2) is 6.71 Å². The van der Waals surface area contributed by atoms with Crippen LogP contribution in [0.2, 0.25) is 19.0 Å². The Bertz CT molecular complexity index is 26.2. The van der Waals surface area contributed by atoms with Gasteiger partial charge in [-0.15, -0.1) is 0 Å². The molecule has 0 aromatic rings. The molecule has 0 rings (SSSR count). The molecule has 0 nitrogen and oxygen atoms in total. The molecule has 0 aliphatic carbocycles. The molecule has 0 heterocycles. The number of rotatable bonds is 3. The molecule has 0 fully saturated rings. The molecule has 66 valence electrons. The molecule has 0 N–H and O–H groups in total. The Labute approximate surface area is 69.5 Å². The van der Waals surface area contributed by atoms with Gasteiger partial charge in [0.1, 0.15) is 6.71 Å². The highest BCUT2D eigenvalue weighted by Gasteiger charge is 2.01. The van der Waals surface area contributed by atoms with E-state index in [0.717, 1.165) is 6.71 Å². The molecule has 0 spiro atoms. The van der Waals surface area contributed by atoms with Gasteiger partial charge < -0.3 is 0 Å². The zero-order valence-corrected chi connectivity index (χ0v) is 5.70. The van der Waals surface area contributed by atoms with E-state index in [9.17, 15) is 0 Å². The van der Waals surface area contributed by atoms with Gasteiger partial charge in [0.2, 0.25) is 0 Å². The molecular formula is C9H27B. The molecule has 0 aromatic heterocycles. The summed E-state index contributed by atoms with van der Waals surface area (Å²) in [6, 6.07) is 0. The van der Waals surface area contributed by atoms with Crippen LogP contribution < -0.4 is 0 Å². The molecule has 0 bridgehead atoms. The Hall–Kier alpha value is 0.0649. The standard InChI is InChI=1S/C6H15B.3CH4/c1-4-7(5-2)6-3;;;/h4-6H2,1-3H3;3*1H4. The monoisotopic (exact) mass is 146 g/mol. The van der Waals surface area contributed by atoms with Crippen molar-refractivity contribution < 1.29 is 0 Å². The molecule has 0 unspecified atom stereocenters. The third kappa shape index (κ3) is 10.9. The molecule has 0 aliphatic rings. The summed E-state index contributed by atoms with van der Waals surface area (Å²) in [6.07, 6.45) is 4.06. The highest BCUT2D eigenvalue weighted by molar-refractivity contribution is 6.58. The highest BCUT2D eigenvalue weighted by atomic mass is 13.7. The fourth-order valence-electron chi connectivity index (χ4n) is 0.866. The van der Waals surface area contributed by atoms with Crippen LogP contribution in [0.1, 0.15) is 43.1 Å². The predicted molar refractivity (Wildman–Crippen MR) is 57.4 cm³/mol. The van der Waals surface area contributed by atoms with E-state index in [1.54, 1.807) is 0 Å². The molecule has 0 saturated carbocycles. The van der Waals surface area contributed by atoms with Gasteiger partial charge in [-0.3, -0.25) is 0 Å². The lowest BCUT2D eigenvalue weighted by molar-refractivity contribution is 1.24. The van der Waals surface area contributed by atoms with Gasteiger partial charge in [-0.05, 0) is 0 Å². The van der Waals surface area contributed by atoms with E-state index >= 15 is 0 Å². The topological polar surface area (TPSA) is 0 Å². The van der Waals surface area contributed by atoms with E-state index in [0.29, 0.717) is 0 Å². The first-order chi connectivity index (χ1) is 3.35. The Kier molecular flexibility index (Phi) is 36.0. The van der Waals surface area contributed by atoms with E-state index in [4.69, 9.17) is 0 Å². The molecular weight excluding hydrogens is 119 g/mol. The van der Waals surface area contributed by atoms with E-state index in [2.05, 4.69) is 20.8 Å². The maximum atomic E-state index is 2.26. The maximum absolute atomic E-state index is 2.26. The summed E-state index contributed by atoms with van der Waals surface area (Å²) in [5, 5.41) is 0. The van der Waals surface area contributed by atoms with Gasteiger partial charge in [0.25, 0.3) is 0 Å². The summed E-state index contributed by atoms with van der Waals surface area (Å²) in [5.74, 6) is 0. The second-order valence-corrected chi connectivity index (χ2v) is 2.09. The minimum Gasteiger partial charge on any atom is -0.0776 e. The molecule has 10 heavy (non-hydrogen) atoms. The van der Waals surface area contributed by atoms with Gasteiger partial charge in [-0.1, -0.05) is 62.0 Å². The van der Waals surface area contributed by atoms with Crippen molar-refractivity contribution >= 4 is 6.71 Å². The minimum absolute atomic E-state index is 0. The van der Waals surface area contributed by atoms with E-state index in [1.165, 1.54) is 19.0 Å². The van der Waals surface area contributed by atoms with Crippen LogP contribution in [0.5, 0.6) is 0 Å². The number of hydrogen-bond donors (Lipinski definition) is 0. The van der Waals surface area contributed by atoms with Gasteiger partial charge in [-0.2, -0.15) is 0 Å². The molecule has 0 aliphatic heterocycles. The van der Waals surface area contributed by atoms with Crippen molar-refractivity contribution in [3.05, 3.63) is 0 Å². The third-order valence-corrected chi connectivity index (χ3v) is 1.73. The van der Waals surface area contributed by atoms with Crippen LogP contribution in [-0.2, 0) is 0 Å². The summed E-state index contributed by atoms with van der Waals surface area (Å²) in [5.41, 5.74) is 0. The zero-order valence-electron chi connectivity index (χ0n) is 5.70. The van der Waals surface area contributed by atoms with Gasteiger partial charge in [-0.25, -0.2) is 0 Å². The van der Waals surface area contributed by atoms with Crippen LogP contribution in [0.3, 0.4) is 0 Å². The van der Waals surface area contributed by atoms with Crippen molar-refractivity contribution in [1.29, 1.82) is 0 Å². The summed E-state index contributed by atoms with van der Waals surface area (Å²) in [4.78, 5) is 0. The quantitative estimate of drug-likeness (QED) is 0.516. The van der Waals surface area contributed by atoms with Crippen molar-refractivity contribution in [2.45, 2.75) is 62.0 Å². The van der Waals surface area contributed by atoms with Crippen LogP contribution in [0.4, 0.5) is 0 Å². The van der Waals surface area contributed by atoms with Crippen molar-refractivity contribution in [3.63, 3.8) is 0 Å². The van der Waals surface area contributed by atoms with Crippen molar-refractivity contribution in [2.24, 2.45) is 0 Å². The van der Waals surface area contributed by atoms with Crippen LogP contribution in [0.15, 0.2) is 0 Å². The molecule has 1 heteroatoms. The first-order valence-electron chi connectivity index (χ1n) is 3.35. The highest BCUT2D eigenvalue weighted by Crippen LogP contribution is 2.01. The molecule has 0 radical (unpaired) electrons. The van der Waals surface area contributed by atoms with Crippen LogP contribution in [0.25, 0.3) is 0 Å². The van der Waals surface area contributed by atoms with Crippen LogP contribution >= 0.6 is 0 Å². The molecule has 0 aromatic carbocycles. The van der Waals surface area contributed by atoms with Gasteiger partial charge in [0.15, 0.2) is 0 Å². The van der Waals surface area contributed by atoms with Crippen molar-refractivity contribution in [3.8, 4) is 0 Å². The lowest BCUT2D eigenvalue weighted by Crippen LogP contribution is -2.04. The summed E-state index contributed by atoms with van der Waals surface area (Å²) in [6.45, 7) is 7.77. The van der Waals surface area contributed by atoms with E-state index in [1.807, 2.05) is 0 Å². The summed E-state index contributed by atoms with van der Waals surface area (Å²) >= 11 is 0. The summed E-state index contributed by atoms with van der Waals surface area (Å²) < 4.78 is 0. The second kappa shape index (κ2) is 16.0. The Morgan fingerprint density at radius 3 is 0.900 bits per heavy atom. The normalized spacial score (nSPS) is 6.30. The maximum Gasteiger partial charge on any atom is 0.139 e. The van der Waals surface area contributed by atoms with Crippen LogP contribution in [0, 0.1) is 0 Å².